The maximum absolute atomic E-state index is 13.5. The van der Waals surface area contributed by atoms with Crippen LogP contribution in [0.15, 0.2) is 48.9 Å². The summed E-state index contributed by atoms with van der Waals surface area (Å²) in [5.41, 5.74) is 1.71. The van der Waals surface area contributed by atoms with Crippen LogP contribution in [0.5, 0.6) is 5.75 Å². The Bertz CT molecular complexity index is 1700. The number of hydrogen-bond donors (Lipinski definition) is 3. The molecule has 0 unspecified atom stereocenters. The van der Waals surface area contributed by atoms with E-state index in [2.05, 4.69) is 47.7 Å². The molecule has 2 aliphatic rings. The Kier molecular flexibility index (Phi) is 8.42. The summed E-state index contributed by atoms with van der Waals surface area (Å²) in [7, 11) is 3.32. The fourth-order valence-electron chi connectivity index (χ4n) is 5.62. The van der Waals surface area contributed by atoms with Gasteiger partial charge in [0.25, 0.3) is 5.91 Å². The van der Waals surface area contributed by atoms with Gasteiger partial charge in [-0.25, -0.2) is 19.9 Å². The van der Waals surface area contributed by atoms with E-state index in [0.717, 1.165) is 57.8 Å². The molecule has 14 heteroatoms. The first kappa shape index (κ1) is 30.5. The minimum absolute atomic E-state index is 0.0111. The SMILES string of the molecule is COc1ccc(NC(=O)c2ccc(C)c(Nc3ncnc4cnc(NC5CC(N6CCN(C)CC6)C5)nc34)c2)cc1C(F)(F)F. The normalized spacial score (nSPS) is 19.2. The van der Waals surface area contributed by atoms with Crippen LogP contribution in [0.3, 0.4) is 0 Å². The van der Waals surface area contributed by atoms with Crippen LogP contribution >= 0.6 is 0 Å². The van der Waals surface area contributed by atoms with Gasteiger partial charge in [0.05, 0.1) is 18.9 Å². The van der Waals surface area contributed by atoms with Crippen LogP contribution in [0.2, 0.25) is 0 Å². The van der Waals surface area contributed by atoms with E-state index in [-0.39, 0.29) is 23.0 Å². The van der Waals surface area contributed by atoms with Gasteiger partial charge in [-0.1, -0.05) is 6.07 Å². The van der Waals surface area contributed by atoms with Gasteiger partial charge in [0, 0.05) is 55.2 Å². The lowest BCUT2D eigenvalue weighted by molar-refractivity contribution is -0.138. The van der Waals surface area contributed by atoms with E-state index in [1.807, 2.05) is 6.92 Å². The van der Waals surface area contributed by atoms with E-state index >= 15 is 0 Å². The van der Waals surface area contributed by atoms with E-state index in [1.165, 1.54) is 18.5 Å². The number of halogens is 3. The van der Waals surface area contributed by atoms with Crippen LogP contribution in [-0.2, 0) is 6.18 Å². The van der Waals surface area contributed by atoms with Crippen molar-refractivity contribution in [2.24, 2.45) is 0 Å². The third-order valence-corrected chi connectivity index (χ3v) is 8.39. The zero-order valence-electron chi connectivity index (χ0n) is 25.1. The second-order valence-electron chi connectivity index (χ2n) is 11.5. The van der Waals surface area contributed by atoms with Gasteiger partial charge in [0.2, 0.25) is 5.95 Å². The molecule has 0 bridgehead atoms. The van der Waals surface area contributed by atoms with E-state index < -0.39 is 17.6 Å². The third kappa shape index (κ3) is 6.76. The smallest absolute Gasteiger partial charge is 0.420 e. The van der Waals surface area contributed by atoms with E-state index in [4.69, 9.17) is 9.72 Å². The highest BCUT2D eigenvalue weighted by atomic mass is 19.4. The molecule has 2 aromatic carbocycles. The first-order valence-electron chi connectivity index (χ1n) is 14.7. The third-order valence-electron chi connectivity index (χ3n) is 8.39. The highest BCUT2D eigenvalue weighted by molar-refractivity contribution is 6.05. The molecule has 11 nitrogen and oxygen atoms in total. The van der Waals surface area contributed by atoms with Gasteiger partial charge in [0.1, 0.15) is 23.1 Å². The Hall–Kier alpha value is -4.56. The number of fused-ring (bicyclic) bond motifs is 1. The molecule has 1 saturated heterocycles. The van der Waals surface area contributed by atoms with Crippen molar-refractivity contribution >= 4 is 40.1 Å². The number of amides is 1. The Labute approximate surface area is 258 Å². The van der Waals surface area contributed by atoms with Crippen LogP contribution in [-0.4, -0.2) is 88.1 Å². The van der Waals surface area contributed by atoms with Gasteiger partial charge in [-0.2, -0.15) is 13.2 Å². The van der Waals surface area contributed by atoms with Crippen LogP contribution < -0.4 is 20.7 Å². The predicted octanol–water partition coefficient (Wildman–Crippen LogP) is 4.94. The second-order valence-corrected chi connectivity index (χ2v) is 11.5. The van der Waals surface area contributed by atoms with Crippen LogP contribution in [0.25, 0.3) is 11.0 Å². The molecule has 2 aromatic heterocycles. The molecule has 0 spiro atoms. The monoisotopic (exact) mass is 621 g/mol. The van der Waals surface area contributed by atoms with Gasteiger partial charge in [0.15, 0.2) is 5.82 Å². The average Bonchev–Trinajstić information content (AvgIpc) is 3.00. The fraction of sp³-hybridized carbons (Fsp3) is 0.387. The number of carbonyl (C=O) groups excluding carboxylic acids is 1. The number of aryl methyl sites for hydroxylation is 1. The van der Waals surface area contributed by atoms with Crippen molar-refractivity contribution in [3.8, 4) is 5.75 Å². The van der Waals surface area contributed by atoms with Crippen molar-refractivity contribution in [3.05, 3.63) is 65.6 Å². The molecule has 1 aliphatic heterocycles. The van der Waals surface area contributed by atoms with Gasteiger partial charge in [-0.05, 0) is 62.7 Å². The largest absolute Gasteiger partial charge is 0.496 e. The highest BCUT2D eigenvalue weighted by Gasteiger charge is 2.36. The van der Waals surface area contributed by atoms with Crippen LogP contribution in [0.4, 0.5) is 36.3 Å². The Morgan fingerprint density at radius 1 is 1.02 bits per heavy atom. The number of benzene rings is 2. The summed E-state index contributed by atoms with van der Waals surface area (Å²) in [6.45, 7) is 6.24. The summed E-state index contributed by atoms with van der Waals surface area (Å²) in [5, 5.41) is 9.24. The lowest BCUT2D eigenvalue weighted by Gasteiger charge is -2.46. The zero-order valence-corrected chi connectivity index (χ0v) is 25.1. The molecule has 6 rings (SSSR count). The van der Waals surface area contributed by atoms with Crippen molar-refractivity contribution < 1.29 is 22.7 Å². The molecular weight excluding hydrogens is 587 g/mol. The topological polar surface area (TPSA) is 120 Å². The summed E-state index contributed by atoms with van der Waals surface area (Å²) < 4.78 is 45.2. The maximum Gasteiger partial charge on any atom is 0.420 e. The first-order valence-corrected chi connectivity index (χ1v) is 14.7. The summed E-state index contributed by atoms with van der Waals surface area (Å²) >= 11 is 0. The lowest BCUT2D eigenvalue weighted by atomic mass is 9.85. The molecule has 1 aliphatic carbocycles. The Morgan fingerprint density at radius 3 is 2.53 bits per heavy atom. The number of rotatable bonds is 8. The van der Waals surface area contributed by atoms with Crippen LogP contribution in [0.1, 0.15) is 34.3 Å². The van der Waals surface area contributed by atoms with Gasteiger partial charge < -0.3 is 25.6 Å². The maximum atomic E-state index is 13.5. The number of carbonyl (C=O) groups is 1. The number of ether oxygens (including phenoxy) is 1. The number of methoxy groups -OCH3 is 1. The number of alkyl halides is 3. The van der Waals surface area contributed by atoms with Gasteiger partial charge >= 0.3 is 6.18 Å². The molecule has 2 fully saturated rings. The molecule has 0 atom stereocenters. The summed E-state index contributed by atoms with van der Waals surface area (Å²) in [6.07, 6.45) is 0.473. The second kappa shape index (κ2) is 12.4. The average molecular weight is 622 g/mol. The van der Waals surface area contributed by atoms with Crippen molar-refractivity contribution in [2.45, 2.75) is 38.0 Å². The number of aromatic nitrogens is 4. The highest BCUT2D eigenvalue weighted by Crippen LogP contribution is 2.38. The molecule has 3 N–H and O–H groups in total. The minimum atomic E-state index is -4.64. The molecule has 0 radical (unpaired) electrons. The predicted molar refractivity (Wildman–Crippen MR) is 165 cm³/mol. The minimum Gasteiger partial charge on any atom is -0.496 e. The number of nitrogens with one attached hydrogen (secondary N) is 3. The van der Waals surface area contributed by atoms with Crippen molar-refractivity contribution in [1.82, 2.24) is 29.7 Å². The quantitative estimate of drug-likeness (QED) is 0.250. The summed E-state index contributed by atoms with van der Waals surface area (Å²) in [6, 6.07) is 9.17. The van der Waals surface area contributed by atoms with Crippen molar-refractivity contribution in [1.29, 1.82) is 0 Å². The van der Waals surface area contributed by atoms with Crippen molar-refractivity contribution in [2.75, 3.05) is 56.3 Å². The van der Waals surface area contributed by atoms with Crippen LogP contribution in [0, 0.1) is 6.92 Å². The fourth-order valence-corrected chi connectivity index (χ4v) is 5.62. The van der Waals surface area contributed by atoms with E-state index in [1.54, 1.807) is 24.4 Å². The molecule has 45 heavy (non-hydrogen) atoms. The number of likely N-dealkylation sites (N-methyl/N-ethyl adjacent to an activating group) is 1. The zero-order chi connectivity index (χ0) is 31.7. The van der Waals surface area contributed by atoms with Gasteiger partial charge in [-0.15, -0.1) is 0 Å². The number of anilines is 4. The van der Waals surface area contributed by atoms with E-state index in [9.17, 15) is 18.0 Å². The lowest BCUT2D eigenvalue weighted by Crippen LogP contribution is -2.55. The molecule has 1 amide bonds. The number of nitrogens with zero attached hydrogens (tertiary/aromatic N) is 6. The number of piperazine rings is 1. The molecular formula is C31H34F3N9O2. The Balaban J connectivity index is 1.16. The summed E-state index contributed by atoms with van der Waals surface area (Å²) in [4.78, 5) is 35.9. The molecule has 236 valence electrons. The summed E-state index contributed by atoms with van der Waals surface area (Å²) in [5.74, 6) is 0.0157. The van der Waals surface area contributed by atoms with Crippen molar-refractivity contribution in [3.63, 3.8) is 0 Å². The first-order chi connectivity index (χ1) is 21.6. The van der Waals surface area contributed by atoms with Gasteiger partial charge in [-0.3, -0.25) is 9.69 Å². The molecule has 4 aromatic rings. The molecule has 1 saturated carbocycles. The molecule has 3 heterocycles. The number of hydrogen-bond acceptors (Lipinski definition) is 10. The standard InChI is InChI=1S/C31H34F3N9O2/c1-18-4-5-19(29(44)38-20-6-7-26(45-3)23(15-20)31(32,33)34)12-24(18)40-28-27-25(36-17-37-28)16-35-30(41-27)39-21-13-22(14-21)43-10-8-42(2)9-11-43/h4-7,12,15-17,21-22H,8-11,13-14H2,1-3H3,(H,38,44)(H,35,39,41)(H,36,37,40). The van der Waals surface area contributed by atoms with E-state index in [0.29, 0.717) is 34.5 Å². The Morgan fingerprint density at radius 2 is 1.80 bits per heavy atom.